The molecular formula is C27H17BrF3NO2. The van der Waals surface area contributed by atoms with Crippen LogP contribution in [0.2, 0.25) is 0 Å². The normalized spacial score (nSPS) is 14.4. The maximum Gasteiger partial charge on any atom is 0.416 e. The van der Waals surface area contributed by atoms with Crippen LogP contribution < -0.4 is 10.1 Å². The lowest BCUT2D eigenvalue weighted by Crippen LogP contribution is -2.06. The van der Waals surface area contributed by atoms with E-state index in [1.165, 1.54) is 6.07 Å². The maximum absolute atomic E-state index is 13.0. The fourth-order valence-electron chi connectivity index (χ4n) is 3.89. The van der Waals surface area contributed by atoms with Gasteiger partial charge in [-0.1, -0.05) is 48.5 Å². The molecule has 170 valence electrons. The summed E-state index contributed by atoms with van der Waals surface area (Å²) in [7, 11) is 0. The summed E-state index contributed by atoms with van der Waals surface area (Å²) in [6.45, 7) is 0.390. The van der Waals surface area contributed by atoms with E-state index in [9.17, 15) is 18.0 Å². The molecule has 0 radical (unpaired) electrons. The average Bonchev–Trinajstić information content (AvgIpc) is 3.12. The first-order valence-electron chi connectivity index (χ1n) is 10.4. The van der Waals surface area contributed by atoms with Gasteiger partial charge in [0.15, 0.2) is 0 Å². The van der Waals surface area contributed by atoms with Crippen LogP contribution in [0.15, 0.2) is 83.3 Å². The average molecular weight is 524 g/mol. The van der Waals surface area contributed by atoms with E-state index in [1.54, 1.807) is 24.3 Å². The lowest BCUT2D eigenvalue weighted by atomic mass is 10.0. The van der Waals surface area contributed by atoms with Crippen LogP contribution in [0.3, 0.4) is 0 Å². The monoisotopic (exact) mass is 523 g/mol. The third-order valence-electron chi connectivity index (χ3n) is 5.61. The third kappa shape index (κ3) is 4.43. The topological polar surface area (TPSA) is 38.3 Å². The molecule has 0 atom stereocenters. The van der Waals surface area contributed by atoms with Gasteiger partial charge in [-0.15, -0.1) is 0 Å². The molecule has 3 nitrogen and oxygen atoms in total. The Morgan fingerprint density at radius 3 is 2.47 bits per heavy atom. The summed E-state index contributed by atoms with van der Waals surface area (Å²) in [5, 5.41) is 4.82. The summed E-state index contributed by atoms with van der Waals surface area (Å²) in [6.07, 6.45) is -2.83. The Bertz CT molecular complexity index is 1460. The number of ether oxygens (including phenoxy) is 1. The highest BCUT2D eigenvalue weighted by atomic mass is 79.9. The highest BCUT2D eigenvalue weighted by Gasteiger charge is 2.33. The van der Waals surface area contributed by atoms with Crippen LogP contribution in [0.4, 0.5) is 18.9 Å². The largest absolute Gasteiger partial charge is 0.488 e. The van der Waals surface area contributed by atoms with Crippen molar-refractivity contribution in [2.75, 3.05) is 5.32 Å². The predicted octanol–water partition coefficient (Wildman–Crippen LogP) is 7.69. The van der Waals surface area contributed by atoms with Crippen molar-refractivity contribution in [2.45, 2.75) is 12.8 Å². The van der Waals surface area contributed by atoms with Gasteiger partial charge < -0.3 is 10.1 Å². The van der Waals surface area contributed by atoms with Gasteiger partial charge in [-0.2, -0.15) is 13.2 Å². The van der Waals surface area contributed by atoms with Crippen LogP contribution in [0.5, 0.6) is 5.75 Å². The van der Waals surface area contributed by atoms with Crippen molar-refractivity contribution in [3.63, 3.8) is 0 Å². The quantitative estimate of drug-likeness (QED) is 0.278. The first-order valence-corrected chi connectivity index (χ1v) is 11.2. The van der Waals surface area contributed by atoms with Gasteiger partial charge in [0.05, 0.1) is 10.0 Å². The zero-order valence-electron chi connectivity index (χ0n) is 17.6. The standard InChI is InChI=1S/C27H17BrF3NO2/c28-23-13-16(12-22-21-9-8-20(27(29,30)31)14-24(21)32-26(22)33)6-10-25(23)34-15-17-5-7-18-3-1-2-4-19(18)11-17/h1-14H,15H2,(H,32,33)/b22-12-. The molecule has 5 rings (SSSR count). The Hall–Kier alpha value is -3.58. The second kappa shape index (κ2) is 8.65. The van der Waals surface area contributed by atoms with E-state index < -0.39 is 17.6 Å². The summed E-state index contributed by atoms with van der Waals surface area (Å²) in [5.41, 5.74) is 1.84. The predicted molar refractivity (Wildman–Crippen MR) is 130 cm³/mol. The van der Waals surface area contributed by atoms with Crippen molar-refractivity contribution in [2.24, 2.45) is 0 Å². The lowest BCUT2D eigenvalue weighted by molar-refractivity contribution is -0.137. The minimum atomic E-state index is -4.47. The number of carbonyl (C=O) groups excluding carboxylic acids is 1. The molecule has 34 heavy (non-hydrogen) atoms. The van der Waals surface area contributed by atoms with E-state index in [4.69, 9.17) is 4.74 Å². The van der Waals surface area contributed by atoms with Crippen LogP contribution in [0.25, 0.3) is 22.4 Å². The number of rotatable bonds is 4. The molecular weight excluding hydrogens is 507 g/mol. The number of halogens is 4. The van der Waals surface area contributed by atoms with E-state index in [1.807, 2.05) is 18.2 Å². The van der Waals surface area contributed by atoms with Crippen LogP contribution >= 0.6 is 15.9 Å². The highest BCUT2D eigenvalue weighted by molar-refractivity contribution is 9.10. The molecule has 4 aromatic carbocycles. The van der Waals surface area contributed by atoms with Gasteiger partial charge >= 0.3 is 6.18 Å². The van der Waals surface area contributed by atoms with Crippen molar-refractivity contribution < 1.29 is 22.7 Å². The van der Waals surface area contributed by atoms with E-state index in [0.717, 1.165) is 28.5 Å². The molecule has 0 unspecified atom stereocenters. The van der Waals surface area contributed by atoms with Crippen molar-refractivity contribution in [3.8, 4) is 5.75 Å². The van der Waals surface area contributed by atoms with E-state index >= 15 is 0 Å². The Kier molecular flexibility index (Phi) is 5.65. The molecule has 1 aliphatic rings. The number of anilines is 1. The molecule has 0 spiro atoms. The van der Waals surface area contributed by atoms with Crippen molar-refractivity contribution >= 4 is 49.9 Å². The molecule has 0 saturated heterocycles. The first kappa shape index (κ1) is 22.2. The van der Waals surface area contributed by atoms with E-state index in [0.29, 0.717) is 33.5 Å². The van der Waals surface area contributed by atoms with Crippen LogP contribution in [0.1, 0.15) is 22.3 Å². The Morgan fingerprint density at radius 1 is 0.912 bits per heavy atom. The van der Waals surface area contributed by atoms with Crippen LogP contribution in [0, 0.1) is 0 Å². The first-order chi connectivity index (χ1) is 16.3. The van der Waals surface area contributed by atoms with Gasteiger partial charge in [0.2, 0.25) is 0 Å². The summed E-state index contributed by atoms with van der Waals surface area (Å²) < 4.78 is 45.6. The summed E-state index contributed by atoms with van der Waals surface area (Å²) in [5.74, 6) is 0.198. The number of benzene rings is 4. The highest BCUT2D eigenvalue weighted by Crippen LogP contribution is 2.39. The summed E-state index contributed by atoms with van der Waals surface area (Å²) in [4.78, 5) is 12.4. The van der Waals surface area contributed by atoms with Gasteiger partial charge in [-0.3, -0.25) is 4.79 Å². The molecule has 1 aliphatic heterocycles. The fourth-order valence-corrected chi connectivity index (χ4v) is 4.41. The second-order valence-corrected chi connectivity index (χ2v) is 8.78. The maximum atomic E-state index is 13.0. The Morgan fingerprint density at radius 2 is 1.71 bits per heavy atom. The number of nitrogens with one attached hydrogen (secondary N) is 1. The van der Waals surface area contributed by atoms with Gasteiger partial charge in [-0.25, -0.2) is 0 Å². The van der Waals surface area contributed by atoms with Crippen molar-refractivity contribution in [1.82, 2.24) is 0 Å². The molecule has 0 aromatic heterocycles. The molecule has 1 N–H and O–H groups in total. The molecule has 0 bridgehead atoms. The molecule has 0 aliphatic carbocycles. The zero-order valence-corrected chi connectivity index (χ0v) is 19.2. The fraction of sp³-hybridized carbons (Fsp3) is 0.0741. The second-order valence-electron chi connectivity index (χ2n) is 7.93. The van der Waals surface area contributed by atoms with Gasteiger partial charge in [-0.05, 0) is 74.2 Å². The SMILES string of the molecule is O=C1Nc2cc(C(F)(F)F)ccc2/C1=C/c1ccc(OCc2ccc3ccccc3c2)c(Br)c1. The van der Waals surface area contributed by atoms with Crippen molar-refractivity contribution in [1.29, 1.82) is 0 Å². The minimum Gasteiger partial charge on any atom is -0.488 e. The number of alkyl halides is 3. The number of hydrogen-bond donors (Lipinski definition) is 1. The molecule has 4 aromatic rings. The smallest absolute Gasteiger partial charge is 0.416 e. The third-order valence-corrected chi connectivity index (χ3v) is 6.22. The van der Waals surface area contributed by atoms with Crippen molar-refractivity contribution in [3.05, 3.63) is 106 Å². The summed E-state index contributed by atoms with van der Waals surface area (Å²) >= 11 is 3.51. The number of amides is 1. The number of carbonyl (C=O) groups is 1. The Balaban J connectivity index is 1.35. The van der Waals surface area contributed by atoms with E-state index in [-0.39, 0.29) is 5.69 Å². The van der Waals surface area contributed by atoms with Gasteiger partial charge in [0.25, 0.3) is 5.91 Å². The van der Waals surface area contributed by atoms with Crippen LogP contribution in [-0.2, 0) is 17.6 Å². The van der Waals surface area contributed by atoms with Gasteiger partial charge in [0.1, 0.15) is 12.4 Å². The molecule has 7 heteroatoms. The summed E-state index contributed by atoms with van der Waals surface area (Å²) in [6, 6.07) is 22.9. The van der Waals surface area contributed by atoms with E-state index in [2.05, 4.69) is 45.5 Å². The molecule has 1 amide bonds. The molecule has 0 saturated carbocycles. The number of hydrogen-bond acceptors (Lipinski definition) is 2. The van der Waals surface area contributed by atoms with Gasteiger partial charge in [0, 0.05) is 16.8 Å². The minimum absolute atomic E-state index is 0.153. The zero-order chi connectivity index (χ0) is 23.9. The molecule has 1 heterocycles. The number of fused-ring (bicyclic) bond motifs is 2. The van der Waals surface area contributed by atoms with Crippen LogP contribution in [-0.4, -0.2) is 5.91 Å². The molecule has 0 fully saturated rings. The lowest BCUT2D eigenvalue weighted by Gasteiger charge is -2.10. The Labute approximate surface area is 202 Å².